The number of hydrogen-bond acceptors (Lipinski definition) is 9. The van der Waals surface area contributed by atoms with Gasteiger partial charge in [0, 0.05) is 31.0 Å². The highest BCUT2D eigenvalue weighted by molar-refractivity contribution is 7.89. The third-order valence-corrected chi connectivity index (χ3v) is 10.9. The van der Waals surface area contributed by atoms with E-state index in [0.717, 1.165) is 24.3 Å². The van der Waals surface area contributed by atoms with Crippen LogP contribution in [-0.2, 0) is 27.8 Å². The minimum Gasteiger partial charge on any atom is -0.481 e. The average Bonchev–Trinajstić information content (AvgIpc) is 3.60. The van der Waals surface area contributed by atoms with Crippen LogP contribution in [0.25, 0.3) is 21.3 Å². The lowest BCUT2D eigenvalue weighted by Crippen LogP contribution is -2.44. The monoisotopic (exact) mass is 719 g/mol. The number of carboxylic acid groups (broad SMARTS) is 1. The molecule has 1 aliphatic rings. The summed E-state index contributed by atoms with van der Waals surface area (Å²) in [5.41, 5.74) is -0.846. The number of rotatable bonds is 11. The molecule has 0 saturated carbocycles. The number of aliphatic carboxylic acids is 1. The summed E-state index contributed by atoms with van der Waals surface area (Å²) in [6.07, 6.45) is -5.90. The Balaban J connectivity index is 1.77. The number of hydrogen-bond donors (Lipinski definition) is 2. The van der Waals surface area contributed by atoms with Crippen LogP contribution in [0.3, 0.4) is 0 Å². The van der Waals surface area contributed by atoms with Gasteiger partial charge >= 0.3 is 12.1 Å². The Labute approximate surface area is 269 Å². The summed E-state index contributed by atoms with van der Waals surface area (Å²) < 4.78 is 101. The lowest BCUT2D eigenvalue weighted by molar-refractivity contribution is -0.151. The van der Waals surface area contributed by atoms with Crippen molar-refractivity contribution in [3.63, 3.8) is 0 Å². The summed E-state index contributed by atoms with van der Waals surface area (Å²) in [5, 5.41) is 12.6. The van der Waals surface area contributed by atoms with Crippen LogP contribution in [0, 0.1) is 5.41 Å². The molecule has 19 heteroatoms. The zero-order valence-electron chi connectivity index (χ0n) is 24.2. The van der Waals surface area contributed by atoms with E-state index >= 15 is 0 Å². The Hall–Kier alpha value is -2.44. The van der Waals surface area contributed by atoms with E-state index in [9.17, 15) is 40.3 Å². The summed E-state index contributed by atoms with van der Waals surface area (Å²) in [4.78, 5) is 21.4. The maximum absolute atomic E-state index is 14.2. The van der Waals surface area contributed by atoms with Crippen LogP contribution in [0.4, 0.5) is 22.0 Å². The van der Waals surface area contributed by atoms with Crippen molar-refractivity contribution in [2.45, 2.75) is 82.6 Å². The van der Waals surface area contributed by atoms with Gasteiger partial charge in [-0.2, -0.15) is 22.9 Å². The predicted octanol–water partition coefficient (Wildman–Crippen LogP) is 6.67. The second-order valence-corrected chi connectivity index (χ2v) is 14.8. The molecular weight excluding hydrogens is 692 g/mol. The Morgan fingerprint density at radius 2 is 1.91 bits per heavy atom. The third kappa shape index (κ3) is 7.76. The number of nitrogens with one attached hydrogen (secondary N) is 1. The molecule has 10 nitrogen and oxygen atoms in total. The van der Waals surface area contributed by atoms with Crippen LogP contribution in [0.15, 0.2) is 21.6 Å². The molecule has 0 radical (unpaired) electrons. The molecule has 1 aliphatic heterocycles. The first-order valence-corrected chi connectivity index (χ1v) is 16.5. The van der Waals surface area contributed by atoms with Gasteiger partial charge in [0.15, 0.2) is 5.01 Å². The first-order valence-electron chi connectivity index (χ1n) is 13.4. The van der Waals surface area contributed by atoms with Crippen molar-refractivity contribution < 1.29 is 44.8 Å². The van der Waals surface area contributed by atoms with Crippen molar-refractivity contribution in [1.82, 2.24) is 24.7 Å². The molecule has 2 aromatic heterocycles. The molecule has 1 fully saturated rings. The lowest BCUT2D eigenvalue weighted by atomic mass is 9.90. The Kier molecular flexibility index (Phi) is 9.94. The standard InChI is InChI=1S/C26H28Cl2F5N5O5S2/c1-5-16(26(31,32)33)37-45(41,42)15-7-6-13(18(27)19(15)28)20-14(10-38-11-25(29,30)8-12(38)2)34-22(44-20)21-35-17(43-36-21)9-24(3,4)23(39)40/h6-7,12,16,37H,5,8-11H2,1-4H3,(H,39,40)/t12-,16-/m0/s1. The molecule has 4 rings (SSSR count). The topological polar surface area (TPSA) is 139 Å². The number of carboxylic acids is 1. The van der Waals surface area contributed by atoms with Crippen LogP contribution in [0.5, 0.6) is 0 Å². The van der Waals surface area contributed by atoms with E-state index in [2.05, 4.69) is 15.1 Å². The zero-order chi connectivity index (χ0) is 33.7. The fourth-order valence-corrected chi connectivity index (χ4v) is 7.92. The van der Waals surface area contributed by atoms with E-state index in [4.69, 9.17) is 27.7 Å². The highest BCUT2D eigenvalue weighted by atomic mass is 35.5. The first-order chi connectivity index (χ1) is 20.6. The maximum Gasteiger partial charge on any atom is 0.404 e. The normalized spacial score (nSPS) is 18.4. The molecule has 248 valence electrons. The number of aromatic nitrogens is 3. The van der Waals surface area contributed by atoms with E-state index in [-0.39, 0.29) is 57.3 Å². The predicted molar refractivity (Wildman–Crippen MR) is 156 cm³/mol. The van der Waals surface area contributed by atoms with Gasteiger partial charge in [-0.1, -0.05) is 41.3 Å². The molecule has 45 heavy (non-hydrogen) atoms. The average molecular weight is 721 g/mol. The van der Waals surface area contributed by atoms with Gasteiger partial charge in [-0.25, -0.2) is 22.2 Å². The Morgan fingerprint density at radius 3 is 2.47 bits per heavy atom. The Morgan fingerprint density at radius 1 is 1.24 bits per heavy atom. The van der Waals surface area contributed by atoms with E-state index in [1.165, 1.54) is 24.8 Å². The van der Waals surface area contributed by atoms with E-state index in [1.807, 2.05) is 0 Å². The molecular formula is C26H28Cl2F5N5O5S2. The highest BCUT2D eigenvalue weighted by Gasteiger charge is 2.44. The van der Waals surface area contributed by atoms with Crippen LogP contribution in [-0.4, -0.2) is 70.2 Å². The Bertz CT molecular complexity index is 1700. The van der Waals surface area contributed by atoms with Crippen LogP contribution in [0.1, 0.15) is 52.1 Å². The van der Waals surface area contributed by atoms with Crippen molar-refractivity contribution in [3.8, 4) is 21.3 Å². The summed E-state index contributed by atoms with van der Waals surface area (Å²) in [6, 6.07) is -0.664. The number of alkyl halides is 5. The molecule has 0 amide bonds. The SMILES string of the molecule is CC[C@H](NS(=O)(=O)c1ccc(-c2sc(-c3noc(CC(C)(C)C(=O)O)n3)nc2CN2CC(F)(F)C[C@@H]2C)c(Cl)c1Cl)C(F)(F)F. The number of carbonyl (C=O) groups is 1. The van der Waals surface area contributed by atoms with Crippen LogP contribution in [0.2, 0.25) is 10.0 Å². The van der Waals surface area contributed by atoms with E-state index in [0.29, 0.717) is 0 Å². The fourth-order valence-electron chi connectivity index (χ4n) is 4.66. The first kappa shape index (κ1) is 35.4. The molecule has 0 spiro atoms. The van der Waals surface area contributed by atoms with Crippen LogP contribution < -0.4 is 4.72 Å². The van der Waals surface area contributed by atoms with Crippen molar-refractivity contribution in [2.24, 2.45) is 5.41 Å². The molecule has 2 N–H and O–H groups in total. The fraction of sp³-hybridized carbons (Fsp3) is 0.538. The van der Waals surface area contributed by atoms with Crippen molar-refractivity contribution in [3.05, 3.63) is 33.8 Å². The number of benzene rings is 1. The second kappa shape index (κ2) is 12.6. The second-order valence-electron chi connectivity index (χ2n) is 11.3. The van der Waals surface area contributed by atoms with Gasteiger partial charge in [-0.05, 0) is 33.3 Å². The van der Waals surface area contributed by atoms with Gasteiger partial charge in [0.25, 0.3) is 5.92 Å². The van der Waals surface area contributed by atoms with Gasteiger partial charge in [-0.3, -0.25) is 9.69 Å². The van der Waals surface area contributed by atoms with Crippen molar-refractivity contribution in [2.75, 3.05) is 6.54 Å². The summed E-state index contributed by atoms with van der Waals surface area (Å²) in [7, 11) is -4.78. The molecule has 0 bridgehead atoms. The summed E-state index contributed by atoms with van der Waals surface area (Å²) in [6.45, 7) is 5.11. The molecule has 2 atom stereocenters. The lowest BCUT2D eigenvalue weighted by Gasteiger charge is -2.21. The van der Waals surface area contributed by atoms with Crippen molar-refractivity contribution in [1.29, 1.82) is 0 Å². The molecule has 3 heterocycles. The summed E-state index contributed by atoms with van der Waals surface area (Å²) >= 11 is 13.8. The minimum absolute atomic E-state index is 0.0101. The van der Waals surface area contributed by atoms with Gasteiger partial charge < -0.3 is 9.63 Å². The highest BCUT2D eigenvalue weighted by Crippen LogP contribution is 2.44. The quantitative estimate of drug-likeness (QED) is 0.208. The van der Waals surface area contributed by atoms with Crippen LogP contribution >= 0.6 is 34.5 Å². The minimum atomic E-state index is -4.85. The van der Waals surface area contributed by atoms with E-state index < -0.39 is 68.5 Å². The smallest absolute Gasteiger partial charge is 0.404 e. The number of nitrogens with zero attached hydrogens (tertiary/aromatic N) is 4. The number of thiazole rings is 1. The molecule has 3 aromatic rings. The maximum atomic E-state index is 14.2. The zero-order valence-corrected chi connectivity index (χ0v) is 27.3. The number of likely N-dealkylation sites (tertiary alicyclic amines) is 1. The third-order valence-electron chi connectivity index (χ3n) is 7.22. The van der Waals surface area contributed by atoms with E-state index in [1.54, 1.807) is 11.6 Å². The number of sulfonamides is 1. The molecule has 1 aromatic carbocycles. The van der Waals surface area contributed by atoms with Gasteiger partial charge in [0.1, 0.15) is 10.9 Å². The number of halogens is 7. The van der Waals surface area contributed by atoms with Gasteiger partial charge in [0.05, 0.1) is 32.6 Å². The van der Waals surface area contributed by atoms with Gasteiger partial charge in [-0.15, -0.1) is 11.3 Å². The molecule has 0 aliphatic carbocycles. The van der Waals surface area contributed by atoms with Gasteiger partial charge in [0.2, 0.25) is 21.7 Å². The molecule has 1 saturated heterocycles. The molecule has 0 unspecified atom stereocenters. The van der Waals surface area contributed by atoms with Crippen molar-refractivity contribution >= 4 is 50.5 Å². The summed E-state index contributed by atoms with van der Waals surface area (Å²) in [5.74, 6) is -4.04. The largest absolute Gasteiger partial charge is 0.481 e.